The molecule has 1 saturated heterocycles. The summed E-state index contributed by atoms with van der Waals surface area (Å²) in [6, 6.07) is 5.29. The minimum absolute atomic E-state index is 0.0176. The second-order valence-electron chi connectivity index (χ2n) is 6.62. The van der Waals surface area contributed by atoms with Crippen LogP contribution in [0.2, 0.25) is 0 Å². The molecule has 0 aromatic carbocycles. The van der Waals surface area contributed by atoms with Crippen molar-refractivity contribution in [3.8, 4) is 17.5 Å². The first-order valence-corrected chi connectivity index (χ1v) is 9.05. The van der Waals surface area contributed by atoms with E-state index in [1.807, 2.05) is 26.8 Å². The maximum Gasteiger partial charge on any atom is 0.410 e. The van der Waals surface area contributed by atoms with Crippen molar-refractivity contribution in [2.75, 3.05) is 13.1 Å². The lowest BCUT2D eigenvalue weighted by Gasteiger charge is -2.31. The Morgan fingerprint density at radius 3 is 2.63 bits per heavy atom. The van der Waals surface area contributed by atoms with Gasteiger partial charge in [-0.05, 0) is 32.9 Å². The standard InChI is InChI=1S/C19H24N4O4/c1-13(2)25-19(24)23-9-6-15(7-10-23)26-17-11-18(22-12-21-17)27-16-5-4-8-20-14(16)3/h4-5,8,11-13,15H,6-7,9-10H2,1-3H3. The fourth-order valence-corrected chi connectivity index (χ4v) is 2.74. The first-order chi connectivity index (χ1) is 13.0. The zero-order chi connectivity index (χ0) is 19.2. The Morgan fingerprint density at radius 1 is 1.19 bits per heavy atom. The number of aryl methyl sites for hydroxylation is 1. The summed E-state index contributed by atoms with van der Waals surface area (Å²) in [4.78, 5) is 26.1. The highest BCUT2D eigenvalue weighted by atomic mass is 16.6. The number of carbonyl (C=O) groups is 1. The molecule has 1 fully saturated rings. The topological polar surface area (TPSA) is 86.7 Å². The quantitative estimate of drug-likeness (QED) is 0.795. The number of ether oxygens (including phenoxy) is 3. The van der Waals surface area contributed by atoms with Gasteiger partial charge >= 0.3 is 6.09 Å². The smallest absolute Gasteiger partial charge is 0.410 e. The number of nitrogens with zero attached hydrogens (tertiary/aromatic N) is 4. The molecule has 0 saturated carbocycles. The monoisotopic (exact) mass is 372 g/mol. The average Bonchev–Trinajstić information content (AvgIpc) is 2.64. The van der Waals surface area contributed by atoms with Crippen LogP contribution < -0.4 is 9.47 Å². The Kier molecular flexibility index (Phi) is 6.05. The summed E-state index contributed by atoms with van der Waals surface area (Å²) >= 11 is 0. The number of amides is 1. The van der Waals surface area contributed by atoms with Crippen LogP contribution in [-0.2, 0) is 4.74 Å². The van der Waals surface area contributed by atoms with Crippen molar-refractivity contribution in [1.29, 1.82) is 0 Å². The van der Waals surface area contributed by atoms with Crippen molar-refractivity contribution >= 4 is 6.09 Å². The summed E-state index contributed by atoms with van der Waals surface area (Å²) in [5, 5.41) is 0. The van der Waals surface area contributed by atoms with Crippen molar-refractivity contribution in [1.82, 2.24) is 19.9 Å². The predicted octanol–water partition coefficient (Wildman–Crippen LogP) is 3.36. The number of piperidine rings is 1. The van der Waals surface area contributed by atoms with Gasteiger partial charge in [-0.3, -0.25) is 4.98 Å². The van der Waals surface area contributed by atoms with Crippen LogP contribution in [0.3, 0.4) is 0 Å². The van der Waals surface area contributed by atoms with E-state index in [2.05, 4.69) is 15.0 Å². The van der Waals surface area contributed by atoms with E-state index in [4.69, 9.17) is 14.2 Å². The van der Waals surface area contributed by atoms with Gasteiger partial charge in [-0.1, -0.05) is 0 Å². The number of hydrogen-bond acceptors (Lipinski definition) is 7. The van der Waals surface area contributed by atoms with E-state index >= 15 is 0 Å². The molecule has 0 N–H and O–H groups in total. The van der Waals surface area contributed by atoms with Gasteiger partial charge in [0.2, 0.25) is 11.8 Å². The number of carbonyl (C=O) groups excluding carboxylic acids is 1. The number of likely N-dealkylation sites (tertiary alicyclic amines) is 1. The summed E-state index contributed by atoms with van der Waals surface area (Å²) in [7, 11) is 0. The lowest BCUT2D eigenvalue weighted by atomic mass is 10.1. The van der Waals surface area contributed by atoms with Crippen LogP contribution in [0.5, 0.6) is 17.5 Å². The Balaban J connectivity index is 1.55. The molecule has 1 aliphatic heterocycles. The molecular weight excluding hydrogens is 348 g/mol. The number of hydrogen-bond donors (Lipinski definition) is 0. The highest BCUT2D eigenvalue weighted by Crippen LogP contribution is 2.25. The fraction of sp³-hybridized carbons (Fsp3) is 0.474. The summed E-state index contributed by atoms with van der Waals surface area (Å²) in [5.74, 6) is 1.48. The fourth-order valence-electron chi connectivity index (χ4n) is 2.74. The molecule has 1 aliphatic rings. The van der Waals surface area contributed by atoms with E-state index in [9.17, 15) is 4.79 Å². The van der Waals surface area contributed by atoms with E-state index in [0.717, 1.165) is 18.5 Å². The Hall–Kier alpha value is -2.90. The van der Waals surface area contributed by atoms with Gasteiger partial charge in [0.1, 0.15) is 12.4 Å². The van der Waals surface area contributed by atoms with Crippen molar-refractivity contribution in [2.24, 2.45) is 0 Å². The zero-order valence-electron chi connectivity index (χ0n) is 15.8. The van der Waals surface area contributed by atoms with Gasteiger partial charge in [0.05, 0.1) is 17.9 Å². The van der Waals surface area contributed by atoms with Crippen molar-refractivity contribution < 1.29 is 19.0 Å². The number of aromatic nitrogens is 3. The molecule has 0 bridgehead atoms. The van der Waals surface area contributed by atoms with Gasteiger partial charge in [0, 0.05) is 32.1 Å². The maximum atomic E-state index is 11.9. The van der Waals surface area contributed by atoms with Crippen LogP contribution in [-0.4, -0.2) is 51.2 Å². The molecule has 27 heavy (non-hydrogen) atoms. The summed E-state index contributed by atoms with van der Waals surface area (Å²) < 4.78 is 16.9. The minimum atomic E-state index is -0.270. The lowest BCUT2D eigenvalue weighted by Crippen LogP contribution is -2.42. The molecule has 8 heteroatoms. The normalized spacial score (nSPS) is 14.9. The highest BCUT2D eigenvalue weighted by Gasteiger charge is 2.25. The molecule has 1 amide bonds. The van der Waals surface area contributed by atoms with Gasteiger partial charge in [0.25, 0.3) is 0 Å². The maximum absolute atomic E-state index is 11.9. The van der Waals surface area contributed by atoms with Gasteiger partial charge in [0.15, 0.2) is 5.75 Å². The van der Waals surface area contributed by atoms with Crippen molar-refractivity contribution in [3.63, 3.8) is 0 Å². The second-order valence-corrected chi connectivity index (χ2v) is 6.62. The molecule has 0 spiro atoms. The largest absolute Gasteiger partial charge is 0.474 e. The lowest BCUT2D eigenvalue weighted by molar-refractivity contribution is 0.0507. The van der Waals surface area contributed by atoms with Gasteiger partial charge in [-0.25, -0.2) is 14.8 Å². The van der Waals surface area contributed by atoms with Crippen LogP contribution in [0.25, 0.3) is 0 Å². The summed E-state index contributed by atoms with van der Waals surface area (Å²) in [5.41, 5.74) is 0.777. The Morgan fingerprint density at radius 2 is 1.93 bits per heavy atom. The van der Waals surface area contributed by atoms with E-state index in [1.165, 1.54) is 6.33 Å². The van der Waals surface area contributed by atoms with Crippen LogP contribution in [0.1, 0.15) is 32.4 Å². The van der Waals surface area contributed by atoms with Crippen molar-refractivity contribution in [3.05, 3.63) is 36.4 Å². The molecule has 3 rings (SSSR count). The molecule has 0 atom stereocenters. The molecule has 3 heterocycles. The van der Waals surface area contributed by atoms with E-state index < -0.39 is 0 Å². The van der Waals surface area contributed by atoms with Gasteiger partial charge in [-0.2, -0.15) is 0 Å². The molecule has 144 valence electrons. The molecular formula is C19H24N4O4. The Labute approximate surface area is 158 Å². The summed E-state index contributed by atoms with van der Waals surface area (Å²) in [6.07, 6.45) is 4.15. The number of pyridine rings is 1. The number of rotatable bonds is 5. The van der Waals surface area contributed by atoms with E-state index in [-0.39, 0.29) is 18.3 Å². The van der Waals surface area contributed by atoms with E-state index in [1.54, 1.807) is 23.2 Å². The third-order valence-electron chi connectivity index (χ3n) is 4.11. The third kappa shape index (κ3) is 5.29. The van der Waals surface area contributed by atoms with Crippen molar-refractivity contribution in [2.45, 2.75) is 45.8 Å². The molecule has 0 unspecified atom stereocenters. The molecule has 2 aromatic rings. The second kappa shape index (κ2) is 8.66. The SMILES string of the molecule is Cc1ncccc1Oc1cc(OC2CCN(C(=O)OC(C)C)CC2)ncn1. The first-order valence-electron chi connectivity index (χ1n) is 9.05. The third-order valence-corrected chi connectivity index (χ3v) is 4.11. The molecule has 2 aromatic heterocycles. The summed E-state index contributed by atoms with van der Waals surface area (Å²) in [6.45, 7) is 6.75. The molecule has 0 radical (unpaired) electrons. The first kappa shape index (κ1) is 18.9. The highest BCUT2D eigenvalue weighted by molar-refractivity contribution is 5.67. The van der Waals surface area contributed by atoms with Crippen LogP contribution >= 0.6 is 0 Å². The van der Waals surface area contributed by atoms with E-state index in [0.29, 0.717) is 30.6 Å². The molecule has 0 aliphatic carbocycles. The Bertz CT molecular complexity index is 776. The van der Waals surface area contributed by atoms with Gasteiger partial charge in [-0.15, -0.1) is 0 Å². The van der Waals surface area contributed by atoms with Crippen LogP contribution in [0, 0.1) is 6.92 Å². The van der Waals surface area contributed by atoms with Gasteiger partial charge < -0.3 is 19.1 Å². The van der Waals surface area contributed by atoms with Crippen LogP contribution in [0.4, 0.5) is 4.79 Å². The molecule has 8 nitrogen and oxygen atoms in total. The predicted molar refractivity (Wildman–Crippen MR) is 97.9 cm³/mol. The zero-order valence-corrected chi connectivity index (χ0v) is 15.8. The average molecular weight is 372 g/mol. The minimum Gasteiger partial charge on any atom is -0.474 e. The van der Waals surface area contributed by atoms with Crippen LogP contribution in [0.15, 0.2) is 30.7 Å².